The van der Waals surface area contributed by atoms with Gasteiger partial charge in [0.2, 0.25) is 5.91 Å². The highest BCUT2D eigenvalue weighted by atomic mass is 32.2. The summed E-state index contributed by atoms with van der Waals surface area (Å²) in [5.41, 5.74) is 2.93. The number of amides is 1. The Morgan fingerprint density at radius 2 is 2.14 bits per heavy atom. The van der Waals surface area contributed by atoms with Crippen LogP contribution in [0.5, 0.6) is 0 Å². The van der Waals surface area contributed by atoms with Crippen molar-refractivity contribution in [1.29, 1.82) is 0 Å². The van der Waals surface area contributed by atoms with Crippen molar-refractivity contribution < 1.29 is 4.79 Å². The molecular weight excluding hydrogens is 298 g/mol. The molecule has 0 atom stereocenters. The van der Waals surface area contributed by atoms with Crippen LogP contribution in [-0.2, 0) is 11.2 Å². The minimum atomic E-state index is -0.166. The summed E-state index contributed by atoms with van der Waals surface area (Å²) in [5, 5.41) is 3.43. The molecule has 22 heavy (non-hydrogen) atoms. The lowest BCUT2D eigenvalue weighted by atomic mass is 10.1. The zero-order chi connectivity index (χ0) is 16.1. The fraction of sp³-hybridized carbons (Fsp3) is 0.312. The molecule has 0 saturated heterocycles. The Morgan fingerprint density at radius 1 is 1.36 bits per heavy atom. The van der Waals surface area contributed by atoms with Crippen LogP contribution in [0.25, 0.3) is 0 Å². The molecule has 5 nitrogen and oxygen atoms in total. The standard InChI is InChI=1S/C16H19N3O2S/c1-10-5-4-6-12(9-10)18-14(20)8-7-13-11(2)17-16(22-3)19-15(13)21/h4-6,9H,7-8H2,1-3H3,(H,18,20)(H,17,19,21). The summed E-state index contributed by atoms with van der Waals surface area (Å²) in [6, 6.07) is 7.62. The Morgan fingerprint density at radius 3 is 2.77 bits per heavy atom. The van der Waals surface area contributed by atoms with E-state index in [-0.39, 0.29) is 17.9 Å². The number of carbonyl (C=O) groups excluding carboxylic acids is 1. The number of aromatic amines is 1. The Hall–Kier alpha value is -2.08. The molecule has 0 saturated carbocycles. The molecule has 0 unspecified atom stereocenters. The predicted molar refractivity (Wildman–Crippen MR) is 89.5 cm³/mol. The summed E-state index contributed by atoms with van der Waals surface area (Å²) < 4.78 is 0. The first-order valence-corrected chi connectivity index (χ1v) is 8.22. The molecule has 1 amide bonds. The first-order chi connectivity index (χ1) is 10.5. The van der Waals surface area contributed by atoms with Gasteiger partial charge < -0.3 is 10.3 Å². The van der Waals surface area contributed by atoms with Crippen molar-refractivity contribution in [3.63, 3.8) is 0 Å². The van der Waals surface area contributed by atoms with E-state index >= 15 is 0 Å². The van der Waals surface area contributed by atoms with E-state index in [1.54, 1.807) is 6.92 Å². The number of H-pyrrole nitrogens is 1. The predicted octanol–water partition coefficient (Wildman–Crippen LogP) is 2.68. The topological polar surface area (TPSA) is 74.8 Å². The first kappa shape index (κ1) is 16.3. The minimum absolute atomic E-state index is 0.113. The van der Waals surface area contributed by atoms with Crippen molar-refractivity contribution in [3.05, 3.63) is 51.4 Å². The van der Waals surface area contributed by atoms with E-state index in [2.05, 4.69) is 15.3 Å². The highest BCUT2D eigenvalue weighted by Gasteiger charge is 2.10. The second-order valence-corrected chi connectivity index (χ2v) is 5.85. The van der Waals surface area contributed by atoms with Gasteiger partial charge in [-0.15, -0.1) is 0 Å². The van der Waals surface area contributed by atoms with E-state index < -0.39 is 0 Å². The van der Waals surface area contributed by atoms with Crippen LogP contribution in [0, 0.1) is 13.8 Å². The van der Waals surface area contributed by atoms with Gasteiger partial charge in [-0.05, 0) is 44.2 Å². The van der Waals surface area contributed by atoms with Gasteiger partial charge in [0.25, 0.3) is 5.56 Å². The molecule has 0 radical (unpaired) electrons. The largest absolute Gasteiger partial charge is 0.326 e. The number of aryl methyl sites for hydroxylation is 2. The number of nitrogens with one attached hydrogen (secondary N) is 2. The van der Waals surface area contributed by atoms with Crippen molar-refractivity contribution in [1.82, 2.24) is 9.97 Å². The fourth-order valence-electron chi connectivity index (χ4n) is 2.16. The molecular formula is C16H19N3O2S. The van der Waals surface area contributed by atoms with Gasteiger partial charge in [-0.2, -0.15) is 0 Å². The SMILES string of the molecule is CSc1nc(C)c(CCC(=O)Nc2cccc(C)c2)c(=O)[nH]1. The number of hydrogen-bond donors (Lipinski definition) is 2. The molecule has 116 valence electrons. The summed E-state index contributed by atoms with van der Waals surface area (Å²) in [7, 11) is 0. The maximum Gasteiger partial charge on any atom is 0.254 e. The summed E-state index contributed by atoms with van der Waals surface area (Å²) in [6.45, 7) is 3.76. The average Bonchev–Trinajstić information content (AvgIpc) is 2.46. The monoisotopic (exact) mass is 317 g/mol. The van der Waals surface area contributed by atoms with Crippen LogP contribution >= 0.6 is 11.8 Å². The van der Waals surface area contributed by atoms with E-state index in [0.29, 0.717) is 22.8 Å². The number of carbonyl (C=O) groups is 1. The van der Waals surface area contributed by atoms with Gasteiger partial charge in [-0.25, -0.2) is 4.98 Å². The normalized spacial score (nSPS) is 10.5. The minimum Gasteiger partial charge on any atom is -0.326 e. The average molecular weight is 317 g/mol. The second-order valence-electron chi connectivity index (χ2n) is 5.06. The molecule has 6 heteroatoms. The molecule has 2 N–H and O–H groups in total. The van der Waals surface area contributed by atoms with Gasteiger partial charge in [-0.3, -0.25) is 9.59 Å². The second kappa shape index (κ2) is 7.26. The maximum absolute atomic E-state index is 12.0. The first-order valence-electron chi connectivity index (χ1n) is 7.00. The van der Waals surface area contributed by atoms with Crippen LogP contribution in [0.3, 0.4) is 0 Å². The summed E-state index contributed by atoms with van der Waals surface area (Å²) >= 11 is 1.39. The zero-order valence-corrected chi connectivity index (χ0v) is 13.7. The van der Waals surface area contributed by atoms with Crippen LogP contribution in [-0.4, -0.2) is 22.1 Å². The lowest BCUT2D eigenvalue weighted by Gasteiger charge is -2.07. The third kappa shape index (κ3) is 4.21. The Kier molecular flexibility index (Phi) is 5.38. The zero-order valence-electron chi connectivity index (χ0n) is 12.9. The summed E-state index contributed by atoms with van der Waals surface area (Å²) in [4.78, 5) is 31.0. The fourth-order valence-corrected chi connectivity index (χ4v) is 2.58. The highest BCUT2D eigenvalue weighted by Crippen LogP contribution is 2.12. The van der Waals surface area contributed by atoms with Crippen LogP contribution in [0.1, 0.15) is 23.2 Å². The van der Waals surface area contributed by atoms with Crippen molar-refractivity contribution in [3.8, 4) is 0 Å². The molecule has 1 heterocycles. The van der Waals surface area contributed by atoms with Crippen LogP contribution in [0.15, 0.2) is 34.2 Å². The van der Waals surface area contributed by atoms with Crippen molar-refractivity contribution >= 4 is 23.4 Å². The lowest BCUT2D eigenvalue weighted by molar-refractivity contribution is -0.116. The number of anilines is 1. The van der Waals surface area contributed by atoms with Crippen molar-refractivity contribution in [2.75, 3.05) is 11.6 Å². The van der Waals surface area contributed by atoms with Gasteiger partial charge in [-0.1, -0.05) is 23.9 Å². The third-order valence-electron chi connectivity index (χ3n) is 3.30. The van der Waals surface area contributed by atoms with Crippen molar-refractivity contribution in [2.24, 2.45) is 0 Å². The van der Waals surface area contributed by atoms with Gasteiger partial charge in [0.1, 0.15) is 0 Å². The molecule has 0 aliphatic carbocycles. The molecule has 2 aromatic rings. The van der Waals surface area contributed by atoms with E-state index in [1.807, 2.05) is 37.4 Å². The lowest BCUT2D eigenvalue weighted by Crippen LogP contribution is -2.20. The van der Waals surface area contributed by atoms with E-state index in [4.69, 9.17) is 0 Å². The molecule has 0 aliphatic heterocycles. The molecule has 0 bridgehead atoms. The smallest absolute Gasteiger partial charge is 0.254 e. The van der Waals surface area contributed by atoms with E-state index in [1.165, 1.54) is 11.8 Å². The molecule has 0 fully saturated rings. The van der Waals surface area contributed by atoms with Gasteiger partial charge in [0.05, 0.1) is 0 Å². The number of benzene rings is 1. The van der Waals surface area contributed by atoms with Crippen LogP contribution in [0.4, 0.5) is 5.69 Å². The van der Waals surface area contributed by atoms with Crippen molar-refractivity contribution in [2.45, 2.75) is 31.8 Å². The van der Waals surface area contributed by atoms with E-state index in [0.717, 1.165) is 11.3 Å². The number of aromatic nitrogens is 2. The Labute approximate surface area is 133 Å². The summed E-state index contributed by atoms with van der Waals surface area (Å²) in [5.74, 6) is -0.113. The number of nitrogens with zero attached hydrogens (tertiary/aromatic N) is 1. The molecule has 1 aromatic heterocycles. The van der Waals surface area contributed by atoms with Gasteiger partial charge in [0.15, 0.2) is 5.16 Å². The number of hydrogen-bond acceptors (Lipinski definition) is 4. The van der Waals surface area contributed by atoms with Crippen LogP contribution < -0.4 is 10.9 Å². The Balaban J connectivity index is 2.01. The molecule has 0 spiro atoms. The van der Waals surface area contributed by atoms with Gasteiger partial charge >= 0.3 is 0 Å². The number of rotatable bonds is 5. The molecule has 2 rings (SSSR count). The Bertz CT molecular complexity index is 740. The third-order valence-corrected chi connectivity index (χ3v) is 3.88. The van der Waals surface area contributed by atoms with Crippen LogP contribution in [0.2, 0.25) is 0 Å². The quantitative estimate of drug-likeness (QED) is 0.657. The van der Waals surface area contributed by atoms with E-state index in [9.17, 15) is 9.59 Å². The molecule has 0 aliphatic rings. The summed E-state index contributed by atoms with van der Waals surface area (Å²) in [6.07, 6.45) is 2.48. The molecule has 1 aromatic carbocycles. The highest BCUT2D eigenvalue weighted by molar-refractivity contribution is 7.98. The van der Waals surface area contributed by atoms with Gasteiger partial charge in [0, 0.05) is 23.4 Å². The maximum atomic E-state index is 12.0. The number of thioether (sulfide) groups is 1.